The van der Waals surface area contributed by atoms with Gasteiger partial charge < -0.3 is 4.79 Å². The van der Waals surface area contributed by atoms with Gasteiger partial charge in [-0.3, -0.25) is 4.90 Å². The third-order valence-electron chi connectivity index (χ3n) is 4.91. The number of carbonyl (C=O) groups excluding carboxylic acids is 1. The first-order valence-electron chi connectivity index (χ1n) is 7.38. The Morgan fingerprint density at radius 2 is 2.17 bits per heavy atom. The number of nitrogens with zero attached hydrogens (tertiary/aromatic N) is 1. The van der Waals surface area contributed by atoms with Gasteiger partial charge in [0, 0.05) is 35.5 Å². The highest BCUT2D eigenvalue weighted by atomic mass is 32.2. The molecule has 0 amide bonds. The van der Waals surface area contributed by atoms with Crippen molar-refractivity contribution in [3.8, 4) is 0 Å². The van der Waals surface area contributed by atoms with Gasteiger partial charge in [-0.1, -0.05) is 26.7 Å². The fourth-order valence-electron chi connectivity index (χ4n) is 3.61. The fourth-order valence-corrected chi connectivity index (χ4v) is 4.77. The van der Waals surface area contributed by atoms with Crippen molar-refractivity contribution >= 4 is 18.0 Å². The zero-order valence-electron chi connectivity index (χ0n) is 12.0. The van der Waals surface area contributed by atoms with Gasteiger partial charge >= 0.3 is 0 Å². The molecule has 2 nitrogen and oxygen atoms in total. The van der Waals surface area contributed by atoms with Crippen molar-refractivity contribution in [1.29, 1.82) is 0 Å². The molecule has 18 heavy (non-hydrogen) atoms. The summed E-state index contributed by atoms with van der Waals surface area (Å²) in [6.45, 7) is 9.09. The van der Waals surface area contributed by atoms with Crippen LogP contribution in [0, 0.1) is 11.3 Å². The third kappa shape index (κ3) is 3.11. The molecule has 1 aliphatic carbocycles. The van der Waals surface area contributed by atoms with Crippen LogP contribution in [0.5, 0.6) is 0 Å². The lowest BCUT2D eigenvalue weighted by molar-refractivity contribution is -0.120. The van der Waals surface area contributed by atoms with Crippen LogP contribution in [-0.2, 0) is 4.79 Å². The summed E-state index contributed by atoms with van der Waals surface area (Å²) >= 11 is 2.07. The monoisotopic (exact) mass is 269 g/mol. The largest absolute Gasteiger partial charge is 0.303 e. The van der Waals surface area contributed by atoms with Gasteiger partial charge in [-0.25, -0.2) is 0 Å². The summed E-state index contributed by atoms with van der Waals surface area (Å²) in [7, 11) is 0. The van der Waals surface area contributed by atoms with E-state index < -0.39 is 0 Å². The molecule has 104 valence electrons. The van der Waals surface area contributed by atoms with Crippen LogP contribution >= 0.6 is 11.8 Å². The average Bonchev–Trinajstić information content (AvgIpc) is 2.35. The minimum absolute atomic E-state index is 0.0480. The van der Waals surface area contributed by atoms with Crippen LogP contribution < -0.4 is 0 Å². The normalized spacial score (nSPS) is 42.7. The second kappa shape index (κ2) is 5.96. The Kier molecular flexibility index (Phi) is 4.76. The van der Waals surface area contributed by atoms with E-state index >= 15 is 0 Å². The van der Waals surface area contributed by atoms with E-state index in [4.69, 9.17) is 0 Å². The topological polar surface area (TPSA) is 20.3 Å². The van der Waals surface area contributed by atoms with Crippen molar-refractivity contribution in [3.05, 3.63) is 0 Å². The van der Waals surface area contributed by atoms with Gasteiger partial charge in [0.05, 0.1) is 0 Å². The predicted molar refractivity (Wildman–Crippen MR) is 79.1 cm³/mol. The lowest BCUT2D eigenvalue weighted by atomic mass is 9.70. The molecule has 2 rings (SSSR count). The second-order valence-electron chi connectivity index (χ2n) is 6.47. The Bertz CT molecular complexity index is 296. The molecule has 0 spiro atoms. The van der Waals surface area contributed by atoms with Crippen LogP contribution in [0.1, 0.15) is 46.5 Å². The molecular weight excluding hydrogens is 242 g/mol. The van der Waals surface area contributed by atoms with Crippen molar-refractivity contribution in [3.63, 3.8) is 0 Å². The molecule has 0 radical (unpaired) electrons. The Morgan fingerprint density at radius 1 is 1.39 bits per heavy atom. The molecule has 4 unspecified atom stereocenters. The molecule has 0 aromatic rings. The van der Waals surface area contributed by atoms with Gasteiger partial charge in [-0.2, -0.15) is 11.8 Å². The molecule has 2 aliphatic rings. The smallest absolute Gasteiger partial charge is 0.127 e. The van der Waals surface area contributed by atoms with Gasteiger partial charge in [-0.05, 0) is 25.7 Å². The second-order valence-corrected chi connectivity index (χ2v) is 7.95. The Hall–Kier alpha value is -0.0200. The van der Waals surface area contributed by atoms with Crippen LogP contribution in [0.15, 0.2) is 0 Å². The minimum Gasteiger partial charge on any atom is -0.303 e. The molecule has 1 heterocycles. The molecule has 1 saturated carbocycles. The Balaban J connectivity index is 2.03. The van der Waals surface area contributed by atoms with E-state index in [1.54, 1.807) is 0 Å². The van der Waals surface area contributed by atoms with Gasteiger partial charge in [0.1, 0.15) is 6.29 Å². The number of hydrogen-bond acceptors (Lipinski definition) is 3. The molecule has 0 aromatic carbocycles. The van der Waals surface area contributed by atoms with Crippen molar-refractivity contribution in [2.75, 3.05) is 18.8 Å². The highest BCUT2D eigenvalue weighted by Crippen LogP contribution is 2.39. The van der Waals surface area contributed by atoms with Crippen LogP contribution in [0.2, 0.25) is 0 Å². The summed E-state index contributed by atoms with van der Waals surface area (Å²) < 4.78 is 0. The van der Waals surface area contributed by atoms with Gasteiger partial charge in [0.15, 0.2) is 0 Å². The highest BCUT2D eigenvalue weighted by Gasteiger charge is 2.38. The maximum Gasteiger partial charge on any atom is 0.127 e. The average molecular weight is 269 g/mol. The minimum atomic E-state index is -0.0480. The summed E-state index contributed by atoms with van der Waals surface area (Å²) in [5, 5.41) is 0.698. The molecule has 1 saturated heterocycles. The highest BCUT2D eigenvalue weighted by molar-refractivity contribution is 8.00. The van der Waals surface area contributed by atoms with Crippen molar-refractivity contribution in [2.24, 2.45) is 11.3 Å². The first kappa shape index (κ1) is 14.4. The van der Waals surface area contributed by atoms with Crippen molar-refractivity contribution in [2.45, 2.75) is 57.7 Å². The van der Waals surface area contributed by atoms with E-state index in [-0.39, 0.29) is 5.41 Å². The molecule has 0 N–H and O–H groups in total. The number of carbonyl (C=O) groups is 1. The lowest BCUT2D eigenvalue weighted by Crippen LogP contribution is -2.51. The van der Waals surface area contributed by atoms with E-state index in [0.29, 0.717) is 11.3 Å². The van der Waals surface area contributed by atoms with Gasteiger partial charge in [0.2, 0.25) is 0 Å². The predicted octanol–water partition coefficient (Wildman–Crippen LogP) is 3.21. The number of thioether (sulfide) groups is 1. The molecule has 0 bridgehead atoms. The maximum absolute atomic E-state index is 11.7. The number of aldehydes is 1. The Labute approximate surface area is 116 Å². The summed E-state index contributed by atoms with van der Waals surface area (Å²) in [5.74, 6) is 1.94. The Morgan fingerprint density at radius 3 is 2.83 bits per heavy atom. The molecule has 4 atom stereocenters. The van der Waals surface area contributed by atoms with Gasteiger partial charge in [-0.15, -0.1) is 0 Å². The SMILES string of the molecule is CC1CCCC(C=O)(CN2CCSC(C)C2C)C1. The molecule has 1 aliphatic heterocycles. The van der Waals surface area contributed by atoms with E-state index in [1.165, 1.54) is 24.9 Å². The summed E-state index contributed by atoms with van der Waals surface area (Å²) in [6.07, 6.45) is 6.01. The molecular formula is C15H27NOS. The zero-order chi connectivity index (χ0) is 13.2. The van der Waals surface area contributed by atoms with E-state index in [1.807, 2.05) is 0 Å². The zero-order valence-corrected chi connectivity index (χ0v) is 12.8. The standard InChI is InChI=1S/C15H27NOS/c1-12-5-4-6-15(9-12,11-17)10-16-7-8-18-14(3)13(16)2/h11-14H,4-10H2,1-3H3. The fraction of sp³-hybridized carbons (Fsp3) is 0.933. The summed E-state index contributed by atoms with van der Waals surface area (Å²) in [6, 6.07) is 0.609. The maximum atomic E-state index is 11.7. The van der Waals surface area contributed by atoms with Crippen LogP contribution in [0.4, 0.5) is 0 Å². The van der Waals surface area contributed by atoms with Crippen molar-refractivity contribution in [1.82, 2.24) is 4.90 Å². The van der Waals surface area contributed by atoms with E-state index in [0.717, 1.165) is 31.8 Å². The first-order valence-corrected chi connectivity index (χ1v) is 8.43. The quantitative estimate of drug-likeness (QED) is 0.734. The van der Waals surface area contributed by atoms with Crippen LogP contribution in [0.25, 0.3) is 0 Å². The number of hydrogen-bond donors (Lipinski definition) is 0. The summed E-state index contributed by atoms with van der Waals surface area (Å²) in [5.41, 5.74) is -0.0480. The van der Waals surface area contributed by atoms with Gasteiger partial charge in [0.25, 0.3) is 0 Å². The molecule has 0 aromatic heterocycles. The van der Waals surface area contributed by atoms with E-state index in [2.05, 4.69) is 37.4 Å². The molecule has 2 fully saturated rings. The van der Waals surface area contributed by atoms with Crippen LogP contribution in [-0.4, -0.2) is 41.3 Å². The third-order valence-corrected chi connectivity index (χ3v) is 6.25. The van der Waals surface area contributed by atoms with Crippen molar-refractivity contribution < 1.29 is 4.79 Å². The van der Waals surface area contributed by atoms with E-state index in [9.17, 15) is 4.79 Å². The first-order chi connectivity index (χ1) is 8.56. The van der Waals surface area contributed by atoms with Crippen LogP contribution in [0.3, 0.4) is 0 Å². The lowest BCUT2D eigenvalue weighted by Gasteiger charge is -2.44. The summed E-state index contributed by atoms with van der Waals surface area (Å²) in [4.78, 5) is 14.2. The molecule has 3 heteroatoms. The number of rotatable bonds is 3.